The standard InChI is InChI=1S/C20H16F4N4O2S/c1-2-11-28-18(13-7-9-14(21)10-8-13)26-27-19(28)31-12-17(29)25-15-5-3-4-6-16(15)30-20(22,23)24/h2-10H,1,11-12H2,(H,25,29). The third-order valence-electron chi connectivity index (χ3n) is 3.85. The van der Waals surface area contributed by atoms with Crippen LogP contribution in [0.15, 0.2) is 66.3 Å². The SMILES string of the molecule is C=CCn1c(SCC(=O)Nc2ccccc2OC(F)(F)F)nnc1-c1ccc(F)cc1. The lowest BCUT2D eigenvalue weighted by Crippen LogP contribution is -2.20. The molecular formula is C20H16F4N4O2S. The van der Waals surface area contributed by atoms with Crippen molar-refractivity contribution >= 4 is 23.4 Å². The Hall–Kier alpha value is -3.34. The fourth-order valence-electron chi connectivity index (χ4n) is 2.60. The monoisotopic (exact) mass is 452 g/mol. The Morgan fingerprint density at radius 2 is 1.87 bits per heavy atom. The second-order valence-electron chi connectivity index (χ2n) is 6.09. The van der Waals surface area contributed by atoms with Gasteiger partial charge in [-0.2, -0.15) is 0 Å². The summed E-state index contributed by atoms with van der Waals surface area (Å²) in [6, 6.07) is 10.9. The Kier molecular flexibility index (Phi) is 6.95. The van der Waals surface area contributed by atoms with Crippen LogP contribution >= 0.6 is 11.8 Å². The highest BCUT2D eigenvalue weighted by Crippen LogP contribution is 2.30. The van der Waals surface area contributed by atoms with Gasteiger partial charge in [-0.3, -0.25) is 9.36 Å². The summed E-state index contributed by atoms with van der Waals surface area (Å²) >= 11 is 1.04. The number of nitrogens with one attached hydrogen (secondary N) is 1. The number of thioether (sulfide) groups is 1. The summed E-state index contributed by atoms with van der Waals surface area (Å²) in [5, 5.41) is 10.9. The largest absolute Gasteiger partial charge is 0.573 e. The van der Waals surface area contributed by atoms with Gasteiger partial charge in [0.2, 0.25) is 5.91 Å². The van der Waals surface area contributed by atoms with E-state index >= 15 is 0 Å². The van der Waals surface area contributed by atoms with Crippen LogP contribution in [0.4, 0.5) is 23.2 Å². The third-order valence-corrected chi connectivity index (χ3v) is 4.82. The smallest absolute Gasteiger partial charge is 0.404 e. The Labute approximate surface area is 178 Å². The van der Waals surface area contributed by atoms with Gasteiger partial charge < -0.3 is 10.1 Å². The lowest BCUT2D eigenvalue weighted by atomic mass is 10.2. The molecule has 0 atom stereocenters. The average Bonchev–Trinajstić information content (AvgIpc) is 3.10. The summed E-state index contributed by atoms with van der Waals surface area (Å²) in [5.74, 6) is -1.13. The second-order valence-corrected chi connectivity index (χ2v) is 7.04. The van der Waals surface area contributed by atoms with Crippen molar-refractivity contribution < 1.29 is 27.1 Å². The van der Waals surface area contributed by atoms with Crippen molar-refractivity contribution in [3.05, 3.63) is 67.0 Å². The zero-order valence-electron chi connectivity index (χ0n) is 15.9. The molecule has 1 heterocycles. The molecule has 1 amide bonds. The zero-order valence-corrected chi connectivity index (χ0v) is 16.7. The first-order valence-electron chi connectivity index (χ1n) is 8.84. The molecule has 3 aromatic rings. The van der Waals surface area contributed by atoms with Crippen molar-refractivity contribution in [3.8, 4) is 17.1 Å². The van der Waals surface area contributed by atoms with E-state index in [2.05, 4.69) is 26.8 Å². The van der Waals surface area contributed by atoms with E-state index in [1.165, 1.54) is 30.3 Å². The normalized spacial score (nSPS) is 11.2. The van der Waals surface area contributed by atoms with Crippen molar-refractivity contribution in [1.29, 1.82) is 0 Å². The van der Waals surface area contributed by atoms with Crippen LogP contribution in [0.25, 0.3) is 11.4 Å². The number of rotatable bonds is 8. The maximum Gasteiger partial charge on any atom is 0.573 e. The number of carbonyl (C=O) groups excluding carboxylic acids is 1. The molecule has 2 aromatic carbocycles. The van der Waals surface area contributed by atoms with Gasteiger partial charge in [-0.1, -0.05) is 30.0 Å². The summed E-state index contributed by atoms with van der Waals surface area (Å²) in [5.41, 5.74) is 0.523. The molecular weight excluding hydrogens is 436 g/mol. The number of anilines is 1. The minimum absolute atomic E-state index is 0.106. The molecule has 31 heavy (non-hydrogen) atoms. The minimum Gasteiger partial charge on any atom is -0.404 e. The highest BCUT2D eigenvalue weighted by Gasteiger charge is 2.32. The molecule has 11 heteroatoms. The van der Waals surface area contributed by atoms with Gasteiger partial charge in [-0.05, 0) is 36.4 Å². The number of para-hydroxylation sites is 2. The summed E-state index contributed by atoms with van der Waals surface area (Å²) in [7, 11) is 0. The predicted molar refractivity (Wildman–Crippen MR) is 108 cm³/mol. The van der Waals surface area contributed by atoms with E-state index in [1.807, 2.05) is 0 Å². The van der Waals surface area contributed by atoms with Crippen LogP contribution in [0, 0.1) is 5.82 Å². The van der Waals surface area contributed by atoms with Crippen LogP contribution in [0.2, 0.25) is 0 Å². The summed E-state index contributed by atoms with van der Waals surface area (Å²) in [6.45, 7) is 4.02. The van der Waals surface area contributed by atoms with E-state index in [0.29, 0.717) is 23.1 Å². The number of amides is 1. The molecule has 0 radical (unpaired) electrons. The number of ether oxygens (including phenoxy) is 1. The fraction of sp³-hybridized carbons (Fsp3) is 0.150. The van der Waals surface area contributed by atoms with E-state index in [-0.39, 0.29) is 17.3 Å². The molecule has 0 saturated carbocycles. The lowest BCUT2D eigenvalue weighted by Gasteiger charge is -2.13. The first-order chi connectivity index (χ1) is 14.8. The number of allylic oxidation sites excluding steroid dienone is 1. The molecule has 162 valence electrons. The maximum atomic E-state index is 13.2. The van der Waals surface area contributed by atoms with Crippen LogP contribution in [0.1, 0.15) is 0 Å². The quantitative estimate of drug-likeness (QED) is 0.299. The van der Waals surface area contributed by atoms with Crippen LogP contribution in [0.3, 0.4) is 0 Å². The minimum atomic E-state index is -4.88. The first kappa shape index (κ1) is 22.3. The van der Waals surface area contributed by atoms with E-state index in [4.69, 9.17) is 0 Å². The van der Waals surface area contributed by atoms with E-state index < -0.39 is 18.0 Å². The Morgan fingerprint density at radius 1 is 1.16 bits per heavy atom. The van der Waals surface area contributed by atoms with E-state index in [9.17, 15) is 22.4 Å². The van der Waals surface area contributed by atoms with Crippen LogP contribution < -0.4 is 10.1 Å². The topological polar surface area (TPSA) is 69.0 Å². The van der Waals surface area contributed by atoms with E-state index in [1.54, 1.807) is 22.8 Å². The van der Waals surface area contributed by atoms with Crippen LogP contribution in [-0.2, 0) is 11.3 Å². The number of hydrogen-bond acceptors (Lipinski definition) is 5. The average molecular weight is 452 g/mol. The fourth-order valence-corrected chi connectivity index (χ4v) is 3.35. The molecule has 0 unspecified atom stereocenters. The number of carbonyl (C=O) groups is 1. The molecule has 0 aliphatic heterocycles. The number of aromatic nitrogens is 3. The van der Waals surface area contributed by atoms with Crippen molar-refractivity contribution in [2.75, 3.05) is 11.1 Å². The molecule has 1 N–H and O–H groups in total. The van der Waals surface area contributed by atoms with Crippen molar-refractivity contribution in [3.63, 3.8) is 0 Å². The summed E-state index contributed by atoms with van der Waals surface area (Å²) in [4.78, 5) is 12.3. The molecule has 0 fully saturated rings. The van der Waals surface area contributed by atoms with Crippen molar-refractivity contribution in [1.82, 2.24) is 14.8 Å². The number of nitrogens with zero attached hydrogens (tertiary/aromatic N) is 3. The first-order valence-corrected chi connectivity index (χ1v) is 9.83. The number of hydrogen-bond donors (Lipinski definition) is 1. The molecule has 0 aliphatic carbocycles. The molecule has 3 rings (SSSR count). The van der Waals surface area contributed by atoms with Gasteiger partial charge >= 0.3 is 6.36 Å². The molecule has 0 bridgehead atoms. The van der Waals surface area contributed by atoms with Crippen LogP contribution in [0.5, 0.6) is 5.75 Å². The Balaban J connectivity index is 1.71. The predicted octanol–water partition coefficient (Wildman–Crippen LogP) is 4.90. The zero-order chi connectivity index (χ0) is 22.4. The van der Waals surface area contributed by atoms with Gasteiger partial charge in [0.05, 0.1) is 11.4 Å². The molecule has 6 nitrogen and oxygen atoms in total. The molecule has 0 spiro atoms. The molecule has 0 saturated heterocycles. The van der Waals surface area contributed by atoms with Crippen molar-refractivity contribution in [2.45, 2.75) is 18.1 Å². The Bertz CT molecular complexity index is 1070. The molecule has 1 aromatic heterocycles. The van der Waals surface area contributed by atoms with Gasteiger partial charge in [0, 0.05) is 12.1 Å². The van der Waals surface area contributed by atoms with E-state index in [0.717, 1.165) is 17.8 Å². The second kappa shape index (κ2) is 9.65. The number of alkyl halides is 3. The maximum absolute atomic E-state index is 13.2. The van der Waals surface area contributed by atoms with Gasteiger partial charge in [-0.15, -0.1) is 29.9 Å². The lowest BCUT2D eigenvalue weighted by molar-refractivity contribution is -0.274. The molecule has 0 aliphatic rings. The van der Waals surface area contributed by atoms with Crippen LogP contribution in [-0.4, -0.2) is 32.8 Å². The van der Waals surface area contributed by atoms with Gasteiger partial charge in [0.15, 0.2) is 16.7 Å². The number of benzene rings is 2. The number of halogens is 4. The van der Waals surface area contributed by atoms with Gasteiger partial charge in [0.25, 0.3) is 0 Å². The van der Waals surface area contributed by atoms with Crippen molar-refractivity contribution in [2.24, 2.45) is 0 Å². The third kappa shape index (κ3) is 6.07. The van der Waals surface area contributed by atoms with Gasteiger partial charge in [-0.25, -0.2) is 4.39 Å². The highest BCUT2D eigenvalue weighted by atomic mass is 32.2. The highest BCUT2D eigenvalue weighted by molar-refractivity contribution is 7.99. The Morgan fingerprint density at radius 3 is 2.55 bits per heavy atom. The summed E-state index contributed by atoms with van der Waals surface area (Å²) in [6.07, 6.45) is -3.27. The van der Waals surface area contributed by atoms with Gasteiger partial charge in [0.1, 0.15) is 5.82 Å². The summed E-state index contributed by atoms with van der Waals surface area (Å²) < 4.78 is 56.4.